The van der Waals surface area contributed by atoms with Crippen LogP contribution in [-0.2, 0) is 11.3 Å². The van der Waals surface area contributed by atoms with Gasteiger partial charge in [-0.05, 0) is 18.2 Å². The fourth-order valence-electron chi connectivity index (χ4n) is 2.05. The van der Waals surface area contributed by atoms with E-state index in [-0.39, 0.29) is 61.6 Å². The number of benzene rings is 1. The first-order chi connectivity index (χ1) is 11.0. The third kappa shape index (κ3) is 5.28. The summed E-state index contributed by atoms with van der Waals surface area (Å²) in [5, 5.41) is 8.14. The molecule has 0 atom stereocenters. The van der Waals surface area contributed by atoms with Gasteiger partial charge in [-0.3, -0.25) is 14.7 Å². The molecule has 3 N–H and O–H groups in total. The van der Waals surface area contributed by atoms with Gasteiger partial charge in [0.15, 0.2) is 5.96 Å². The molecule has 24 heavy (non-hydrogen) atoms. The van der Waals surface area contributed by atoms with Crippen molar-refractivity contribution >= 4 is 41.9 Å². The second kappa shape index (κ2) is 9.35. The number of hydrogen-bond acceptors (Lipinski definition) is 3. The first-order valence-corrected chi connectivity index (χ1v) is 6.98. The Morgan fingerprint density at radius 1 is 1.33 bits per heavy atom. The topological polar surface area (TPSA) is 85.8 Å². The van der Waals surface area contributed by atoms with Crippen LogP contribution in [0.1, 0.15) is 5.56 Å². The number of urea groups is 1. The Hall–Kier alpha value is -1.98. The molecule has 1 fully saturated rings. The van der Waals surface area contributed by atoms with Gasteiger partial charge in [0, 0.05) is 32.2 Å². The minimum absolute atomic E-state index is 0. The highest BCUT2D eigenvalue weighted by Gasteiger charge is 2.27. The molecule has 2 rings (SSSR count). The van der Waals surface area contributed by atoms with Gasteiger partial charge in [0.25, 0.3) is 0 Å². The van der Waals surface area contributed by atoms with Gasteiger partial charge in [-0.1, -0.05) is 0 Å². The monoisotopic (exact) mass is 453 g/mol. The maximum Gasteiger partial charge on any atom is 0.324 e. The van der Waals surface area contributed by atoms with Gasteiger partial charge < -0.3 is 16.0 Å². The molecule has 7 nitrogen and oxygen atoms in total. The summed E-state index contributed by atoms with van der Waals surface area (Å²) >= 11 is 0. The molecule has 0 bridgehead atoms. The van der Waals surface area contributed by atoms with Crippen molar-refractivity contribution in [2.45, 2.75) is 6.54 Å². The summed E-state index contributed by atoms with van der Waals surface area (Å²) in [6, 6.07) is 2.77. The molecule has 1 aliphatic heterocycles. The first kappa shape index (κ1) is 20.1. The molecule has 0 aliphatic carbocycles. The number of carbonyl (C=O) groups excluding carboxylic acids is 2. The fraction of sp³-hybridized carbons (Fsp3) is 0.357. The zero-order valence-electron chi connectivity index (χ0n) is 12.9. The molecule has 0 saturated carbocycles. The number of hydrogen-bond donors (Lipinski definition) is 3. The number of nitrogens with one attached hydrogen (secondary N) is 3. The van der Waals surface area contributed by atoms with Gasteiger partial charge in [-0.15, -0.1) is 24.0 Å². The number of aliphatic imine (C=N–C) groups is 1. The standard InChI is InChI=1S/C14H17F2N5O2.HI/c1-17-13(18-4-5-21-12(22)8-20-14(21)23)19-7-9-6-10(15)2-3-11(9)16;/h2-3,6H,4-5,7-8H2,1H3,(H,20,23)(H2,17,18,19);1H. The predicted molar refractivity (Wildman–Crippen MR) is 95.1 cm³/mol. The van der Waals surface area contributed by atoms with E-state index in [4.69, 9.17) is 0 Å². The average molecular weight is 453 g/mol. The molecule has 132 valence electrons. The van der Waals surface area contributed by atoms with E-state index >= 15 is 0 Å². The van der Waals surface area contributed by atoms with Crippen LogP contribution in [0.15, 0.2) is 23.2 Å². The molecule has 1 aliphatic rings. The third-order valence-electron chi connectivity index (χ3n) is 3.24. The summed E-state index contributed by atoms with van der Waals surface area (Å²) in [5.41, 5.74) is 0.169. The van der Waals surface area contributed by atoms with Gasteiger partial charge in [0.1, 0.15) is 11.6 Å². The van der Waals surface area contributed by atoms with E-state index in [0.717, 1.165) is 23.1 Å². The molecular formula is C14H18F2IN5O2. The predicted octanol–water partition coefficient (Wildman–Crippen LogP) is 0.800. The van der Waals surface area contributed by atoms with Crippen LogP contribution in [0.5, 0.6) is 0 Å². The molecule has 1 heterocycles. The van der Waals surface area contributed by atoms with Crippen molar-refractivity contribution in [1.29, 1.82) is 0 Å². The van der Waals surface area contributed by atoms with Crippen molar-refractivity contribution in [3.63, 3.8) is 0 Å². The summed E-state index contributed by atoms with van der Waals surface area (Å²) in [5.74, 6) is -0.985. The van der Waals surface area contributed by atoms with Crippen LogP contribution in [-0.4, -0.2) is 49.5 Å². The van der Waals surface area contributed by atoms with E-state index in [1.807, 2.05) is 0 Å². The molecule has 10 heteroatoms. The Morgan fingerprint density at radius 2 is 2.08 bits per heavy atom. The summed E-state index contributed by atoms with van der Waals surface area (Å²) < 4.78 is 26.6. The van der Waals surface area contributed by atoms with Crippen molar-refractivity contribution in [3.8, 4) is 0 Å². The van der Waals surface area contributed by atoms with E-state index in [1.54, 1.807) is 0 Å². The van der Waals surface area contributed by atoms with Gasteiger partial charge >= 0.3 is 6.03 Å². The lowest BCUT2D eigenvalue weighted by Gasteiger charge is -2.15. The van der Waals surface area contributed by atoms with Crippen LogP contribution in [0, 0.1) is 11.6 Å². The van der Waals surface area contributed by atoms with Crippen LogP contribution in [0.4, 0.5) is 13.6 Å². The van der Waals surface area contributed by atoms with E-state index < -0.39 is 17.7 Å². The molecule has 1 aromatic rings. The lowest BCUT2D eigenvalue weighted by molar-refractivity contribution is -0.124. The minimum Gasteiger partial charge on any atom is -0.355 e. The highest BCUT2D eigenvalue weighted by Crippen LogP contribution is 2.09. The Bertz CT molecular complexity index is 626. The number of amides is 3. The largest absolute Gasteiger partial charge is 0.355 e. The Morgan fingerprint density at radius 3 is 2.71 bits per heavy atom. The summed E-state index contributed by atoms with van der Waals surface area (Å²) in [6.45, 7) is 0.515. The Kier molecular flexibility index (Phi) is 7.82. The third-order valence-corrected chi connectivity index (χ3v) is 3.24. The molecule has 1 aromatic carbocycles. The lowest BCUT2D eigenvalue weighted by Crippen LogP contribution is -2.43. The SMILES string of the molecule is CN=C(NCCN1C(=O)CNC1=O)NCc1cc(F)ccc1F.I. The van der Waals surface area contributed by atoms with Crippen LogP contribution in [0.25, 0.3) is 0 Å². The first-order valence-electron chi connectivity index (χ1n) is 6.98. The van der Waals surface area contributed by atoms with Crippen LogP contribution < -0.4 is 16.0 Å². The Balaban J connectivity index is 0.00000288. The quantitative estimate of drug-likeness (QED) is 0.267. The number of halogens is 3. The molecule has 0 spiro atoms. The van der Waals surface area contributed by atoms with Crippen molar-refractivity contribution in [1.82, 2.24) is 20.9 Å². The van der Waals surface area contributed by atoms with Crippen molar-refractivity contribution in [3.05, 3.63) is 35.4 Å². The highest BCUT2D eigenvalue weighted by molar-refractivity contribution is 14.0. The molecule has 3 amide bonds. The zero-order chi connectivity index (χ0) is 16.8. The second-order valence-corrected chi connectivity index (χ2v) is 4.79. The smallest absolute Gasteiger partial charge is 0.324 e. The van der Waals surface area contributed by atoms with E-state index in [0.29, 0.717) is 5.96 Å². The number of rotatable bonds is 5. The molecule has 0 unspecified atom stereocenters. The minimum atomic E-state index is -0.523. The van der Waals surface area contributed by atoms with E-state index in [1.165, 1.54) is 7.05 Å². The normalized spacial score (nSPS) is 14.3. The van der Waals surface area contributed by atoms with Crippen LogP contribution >= 0.6 is 24.0 Å². The maximum atomic E-state index is 13.5. The van der Waals surface area contributed by atoms with Crippen molar-refractivity contribution < 1.29 is 18.4 Å². The van der Waals surface area contributed by atoms with Gasteiger partial charge in [-0.2, -0.15) is 0 Å². The summed E-state index contributed by atoms with van der Waals surface area (Å²) in [6.07, 6.45) is 0. The van der Waals surface area contributed by atoms with Crippen molar-refractivity contribution in [2.24, 2.45) is 4.99 Å². The average Bonchev–Trinajstić information content (AvgIpc) is 2.85. The van der Waals surface area contributed by atoms with Crippen LogP contribution in [0.3, 0.4) is 0 Å². The number of carbonyl (C=O) groups is 2. The molecular weight excluding hydrogens is 435 g/mol. The van der Waals surface area contributed by atoms with Gasteiger partial charge in [0.2, 0.25) is 5.91 Å². The van der Waals surface area contributed by atoms with Gasteiger partial charge in [-0.25, -0.2) is 13.6 Å². The maximum absolute atomic E-state index is 13.5. The van der Waals surface area contributed by atoms with E-state index in [9.17, 15) is 18.4 Å². The van der Waals surface area contributed by atoms with Crippen LogP contribution in [0.2, 0.25) is 0 Å². The zero-order valence-corrected chi connectivity index (χ0v) is 15.3. The number of guanidine groups is 1. The van der Waals surface area contributed by atoms with Gasteiger partial charge in [0.05, 0.1) is 6.54 Å². The highest BCUT2D eigenvalue weighted by atomic mass is 127. The number of nitrogens with zero attached hydrogens (tertiary/aromatic N) is 2. The summed E-state index contributed by atoms with van der Waals surface area (Å²) in [4.78, 5) is 27.8. The number of imide groups is 1. The Labute approximate surface area is 154 Å². The molecule has 0 aromatic heterocycles. The second-order valence-electron chi connectivity index (χ2n) is 4.79. The summed E-state index contributed by atoms with van der Waals surface area (Å²) in [7, 11) is 1.52. The molecule has 0 radical (unpaired) electrons. The molecule has 1 saturated heterocycles. The fourth-order valence-corrected chi connectivity index (χ4v) is 2.05. The lowest BCUT2D eigenvalue weighted by atomic mass is 10.2. The van der Waals surface area contributed by atoms with E-state index in [2.05, 4.69) is 20.9 Å². The van der Waals surface area contributed by atoms with Crippen molar-refractivity contribution in [2.75, 3.05) is 26.7 Å².